The summed E-state index contributed by atoms with van der Waals surface area (Å²) in [6, 6.07) is 9.67. The van der Waals surface area contributed by atoms with Crippen LogP contribution in [0.25, 0.3) is 0 Å². The van der Waals surface area contributed by atoms with Crippen LogP contribution in [0.1, 0.15) is 43.0 Å². The molecule has 2 aromatic carbocycles. The summed E-state index contributed by atoms with van der Waals surface area (Å²) in [5.74, 6) is 4.22. The first-order valence-corrected chi connectivity index (χ1v) is 12.5. The number of alkyl carbamates (subject to hydrolysis) is 1. The summed E-state index contributed by atoms with van der Waals surface area (Å²) < 4.78 is 5.16. The molecule has 0 aliphatic rings. The number of aliphatic hydroxyl groups is 2. The lowest BCUT2D eigenvalue weighted by molar-refractivity contribution is -0.128. The number of carbonyl (C=O) groups excluding carboxylic acids is 3. The van der Waals surface area contributed by atoms with Crippen LogP contribution in [-0.4, -0.2) is 57.9 Å². The molecule has 0 saturated carbocycles. The molecule has 0 aromatic heterocycles. The van der Waals surface area contributed by atoms with E-state index in [9.17, 15) is 29.4 Å². The predicted octanol–water partition coefficient (Wildman–Crippen LogP) is 1.68. The standard InChI is InChI=1S/C28H34N4O8/c1-17(2)24(32-27(37)38)26(36)30-18(3)25(35)31-23-8-6-19(7-9-23)16-40-28(39)29-10-4-5-20-11-21(14-33)13-22(12-20)15-34/h6-9,11-13,17-18,24,32-34H,10,14-16H2,1-3H3,(H,29,39)(H,30,36)(H,31,35)(H,37,38)/t18-,24?/m0/s1. The summed E-state index contributed by atoms with van der Waals surface area (Å²) in [4.78, 5) is 47.7. The molecule has 0 fully saturated rings. The van der Waals surface area contributed by atoms with Crippen molar-refractivity contribution in [3.05, 3.63) is 64.7 Å². The van der Waals surface area contributed by atoms with Gasteiger partial charge in [-0.1, -0.05) is 43.9 Å². The first-order chi connectivity index (χ1) is 19.0. The molecule has 12 nitrogen and oxygen atoms in total. The molecule has 2 atom stereocenters. The first kappa shape index (κ1) is 31.6. The van der Waals surface area contributed by atoms with Crippen LogP contribution in [0.15, 0.2) is 42.5 Å². The predicted molar refractivity (Wildman–Crippen MR) is 146 cm³/mol. The SMILES string of the molecule is CC(C)C(NC(=O)O)C(=O)N[C@@H](C)C(=O)Nc1ccc(COC(=O)NCC#Cc2cc(CO)cc(CO)c2)cc1. The second-order valence-corrected chi connectivity index (χ2v) is 9.17. The van der Waals surface area contributed by atoms with Crippen molar-refractivity contribution in [2.75, 3.05) is 11.9 Å². The molecule has 0 saturated heterocycles. The number of carboxylic acid groups (broad SMARTS) is 1. The van der Waals surface area contributed by atoms with Gasteiger partial charge in [0.1, 0.15) is 18.7 Å². The smallest absolute Gasteiger partial charge is 0.408 e. The zero-order valence-electron chi connectivity index (χ0n) is 22.5. The molecule has 0 bridgehead atoms. The van der Waals surface area contributed by atoms with Gasteiger partial charge in [-0.2, -0.15) is 0 Å². The van der Waals surface area contributed by atoms with E-state index in [2.05, 4.69) is 33.1 Å². The van der Waals surface area contributed by atoms with E-state index in [1.165, 1.54) is 6.92 Å². The van der Waals surface area contributed by atoms with E-state index in [0.29, 0.717) is 27.9 Å². The van der Waals surface area contributed by atoms with Crippen molar-refractivity contribution >= 4 is 29.7 Å². The molecule has 214 valence electrons. The fourth-order valence-electron chi connectivity index (χ4n) is 3.45. The van der Waals surface area contributed by atoms with Crippen LogP contribution in [0.3, 0.4) is 0 Å². The average molecular weight is 555 g/mol. The van der Waals surface area contributed by atoms with Gasteiger partial charge in [0.25, 0.3) is 0 Å². The van der Waals surface area contributed by atoms with Crippen molar-refractivity contribution in [2.45, 2.75) is 52.7 Å². The van der Waals surface area contributed by atoms with Gasteiger partial charge in [0.05, 0.1) is 19.8 Å². The molecule has 1 unspecified atom stereocenters. The molecule has 2 aromatic rings. The number of benzene rings is 2. The zero-order chi connectivity index (χ0) is 29.7. The number of rotatable bonds is 11. The van der Waals surface area contributed by atoms with Gasteiger partial charge in [-0.25, -0.2) is 9.59 Å². The highest BCUT2D eigenvalue weighted by Crippen LogP contribution is 2.12. The molecular weight excluding hydrogens is 520 g/mol. The zero-order valence-corrected chi connectivity index (χ0v) is 22.5. The van der Waals surface area contributed by atoms with Gasteiger partial charge in [-0.15, -0.1) is 0 Å². The van der Waals surface area contributed by atoms with E-state index >= 15 is 0 Å². The Morgan fingerprint density at radius 3 is 2.05 bits per heavy atom. The largest absolute Gasteiger partial charge is 0.465 e. The summed E-state index contributed by atoms with van der Waals surface area (Å²) >= 11 is 0. The first-order valence-electron chi connectivity index (χ1n) is 12.5. The Hall–Kier alpha value is -4.60. The van der Waals surface area contributed by atoms with E-state index < -0.39 is 36.1 Å². The maximum absolute atomic E-state index is 12.5. The summed E-state index contributed by atoms with van der Waals surface area (Å²) in [5.41, 5.74) is 2.97. The van der Waals surface area contributed by atoms with Crippen LogP contribution < -0.4 is 21.3 Å². The Morgan fingerprint density at radius 2 is 1.50 bits per heavy atom. The minimum Gasteiger partial charge on any atom is -0.465 e. The quantitative estimate of drug-likeness (QED) is 0.204. The van der Waals surface area contributed by atoms with E-state index in [0.717, 1.165) is 0 Å². The summed E-state index contributed by atoms with van der Waals surface area (Å²) in [6.07, 6.45) is -2.01. The summed E-state index contributed by atoms with van der Waals surface area (Å²) in [6.45, 7) is 4.50. The van der Waals surface area contributed by atoms with Crippen LogP contribution in [-0.2, 0) is 34.1 Å². The van der Waals surface area contributed by atoms with Crippen LogP contribution >= 0.6 is 0 Å². The van der Waals surface area contributed by atoms with Gasteiger partial charge < -0.3 is 41.3 Å². The molecule has 0 heterocycles. The molecule has 2 rings (SSSR count). The Morgan fingerprint density at radius 1 is 0.875 bits per heavy atom. The van der Waals surface area contributed by atoms with Crippen molar-refractivity contribution in [2.24, 2.45) is 5.92 Å². The highest BCUT2D eigenvalue weighted by molar-refractivity contribution is 5.98. The molecular formula is C28H34N4O8. The summed E-state index contributed by atoms with van der Waals surface area (Å²) in [5, 5.41) is 37.3. The fourth-order valence-corrected chi connectivity index (χ4v) is 3.45. The third-order valence-electron chi connectivity index (χ3n) is 5.54. The Labute approximate surface area is 232 Å². The second-order valence-electron chi connectivity index (χ2n) is 9.17. The normalized spacial score (nSPS) is 11.8. The molecule has 12 heteroatoms. The highest BCUT2D eigenvalue weighted by atomic mass is 16.5. The van der Waals surface area contributed by atoms with Crippen molar-refractivity contribution in [1.82, 2.24) is 16.0 Å². The summed E-state index contributed by atoms with van der Waals surface area (Å²) in [7, 11) is 0. The van der Waals surface area contributed by atoms with Gasteiger partial charge in [0.15, 0.2) is 0 Å². The lowest BCUT2D eigenvalue weighted by atomic mass is 10.0. The number of ether oxygens (including phenoxy) is 1. The van der Waals surface area contributed by atoms with Crippen molar-refractivity contribution < 1.29 is 39.2 Å². The Kier molecular flexibility index (Phi) is 12.4. The Balaban J connectivity index is 1.79. The number of nitrogens with one attached hydrogen (secondary N) is 4. The third-order valence-corrected chi connectivity index (χ3v) is 5.54. The van der Waals surface area contributed by atoms with Crippen LogP contribution in [0, 0.1) is 17.8 Å². The number of hydrogen-bond acceptors (Lipinski definition) is 7. The number of hydrogen-bond donors (Lipinski definition) is 7. The van der Waals surface area contributed by atoms with E-state index in [1.54, 1.807) is 56.3 Å². The lowest BCUT2D eigenvalue weighted by Crippen LogP contribution is -2.53. The molecule has 0 spiro atoms. The molecule has 4 amide bonds. The Bertz CT molecular complexity index is 1230. The van der Waals surface area contributed by atoms with Crippen molar-refractivity contribution in [3.8, 4) is 11.8 Å². The van der Waals surface area contributed by atoms with Crippen LogP contribution in [0.2, 0.25) is 0 Å². The molecule has 0 aliphatic heterocycles. The van der Waals surface area contributed by atoms with E-state index in [1.807, 2.05) is 0 Å². The fraction of sp³-hybridized carbons (Fsp3) is 0.357. The number of amides is 4. The minimum absolute atomic E-state index is 0.0223. The van der Waals surface area contributed by atoms with Gasteiger partial charge in [-0.3, -0.25) is 9.59 Å². The van der Waals surface area contributed by atoms with Crippen LogP contribution in [0.4, 0.5) is 15.3 Å². The highest BCUT2D eigenvalue weighted by Gasteiger charge is 2.26. The van der Waals surface area contributed by atoms with E-state index in [4.69, 9.17) is 9.84 Å². The van der Waals surface area contributed by atoms with E-state index in [-0.39, 0.29) is 32.3 Å². The van der Waals surface area contributed by atoms with Crippen LogP contribution in [0.5, 0.6) is 0 Å². The maximum atomic E-state index is 12.5. The lowest BCUT2D eigenvalue weighted by Gasteiger charge is -2.22. The minimum atomic E-state index is -1.33. The van der Waals surface area contributed by atoms with Crippen molar-refractivity contribution in [1.29, 1.82) is 0 Å². The molecule has 7 N–H and O–H groups in total. The third kappa shape index (κ3) is 10.6. The monoisotopic (exact) mass is 554 g/mol. The molecule has 0 radical (unpaired) electrons. The van der Waals surface area contributed by atoms with Crippen molar-refractivity contribution in [3.63, 3.8) is 0 Å². The number of anilines is 1. The topological polar surface area (TPSA) is 186 Å². The van der Waals surface area contributed by atoms with Gasteiger partial charge in [-0.05, 0) is 53.8 Å². The van der Waals surface area contributed by atoms with Gasteiger partial charge in [0.2, 0.25) is 11.8 Å². The number of aliphatic hydroxyl groups excluding tert-OH is 2. The molecule has 40 heavy (non-hydrogen) atoms. The second kappa shape index (κ2) is 15.7. The molecule has 0 aliphatic carbocycles. The van der Waals surface area contributed by atoms with Gasteiger partial charge >= 0.3 is 12.2 Å². The average Bonchev–Trinajstić information content (AvgIpc) is 2.92. The maximum Gasteiger partial charge on any atom is 0.408 e. The number of carbonyl (C=O) groups is 4. The van der Waals surface area contributed by atoms with Gasteiger partial charge in [0, 0.05) is 11.3 Å².